The van der Waals surface area contributed by atoms with E-state index in [1.54, 1.807) is 7.11 Å². The Labute approximate surface area is 61.9 Å². The zero-order valence-corrected chi connectivity index (χ0v) is 6.69. The van der Waals surface area contributed by atoms with Gasteiger partial charge in [0.15, 0.2) is 0 Å². The van der Waals surface area contributed by atoms with Gasteiger partial charge in [0.25, 0.3) is 0 Å². The standard InChI is InChI=1S/C6H14O2S/c1-7-4-5-8-3-2-6-9/h9H,2-6H2,1H3. The van der Waals surface area contributed by atoms with Gasteiger partial charge >= 0.3 is 0 Å². The molecule has 0 rings (SSSR count). The maximum Gasteiger partial charge on any atom is 0.0700 e. The summed E-state index contributed by atoms with van der Waals surface area (Å²) in [6, 6.07) is 0. The number of hydrogen-bond acceptors (Lipinski definition) is 3. The fraction of sp³-hybridized carbons (Fsp3) is 1.00. The van der Waals surface area contributed by atoms with Crippen LogP contribution in [-0.4, -0.2) is 32.7 Å². The van der Waals surface area contributed by atoms with Crippen LogP contribution in [0.1, 0.15) is 6.42 Å². The second kappa shape index (κ2) is 8.27. The van der Waals surface area contributed by atoms with Gasteiger partial charge in [0, 0.05) is 13.7 Å². The van der Waals surface area contributed by atoms with E-state index in [4.69, 9.17) is 9.47 Å². The van der Waals surface area contributed by atoms with Crippen LogP contribution in [0.25, 0.3) is 0 Å². The van der Waals surface area contributed by atoms with Gasteiger partial charge < -0.3 is 9.47 Å². The van der Waals surface area contributed by atoms with E-state index in [1.807, 2.05) is 0 Å². The molecule has 0 aromatic rings. The van der Waals surface area contributed by atoms with Crippen molar-refractivity contribution in [2.45, 2.75) is 6.42 Å². The third kappa shape index (κ3) is 8.27. The van der Waals surface area contributed by atoms with E-state index in [0.29, 0.717) is 13.2 Å². The van der Waals surface area contributed by atoms with E-state index in [2.05, 4.69) is 12.6 Å². The Morgan fingerprint density at radius 3 is 2.56 bits per heavy atom. The average Bonchev–Trinajstić information content (AvgIpc) is 1.89. The van der Waals surface area contributed by atoms with E-state index in [1.165, 1.54) is 0 Å². The normalized spacial score (nSPS) is 10.0. The first-order valence-electron chi connectivity index (χ1n) is 3.09. The summed E-state index contributed by atoms with van der Waals surface area (Å²) in [7, 11) is 1.67. The van der Waals surface area contributed by atoms with Gasteiger partial charge in [-0.1, -0.05) is 0 Å². The molecule has 0 aromatic carbocycles. The molecule has 0 atom stereocenters. The van der Waals surface area contributed by atoms with E-state index in [9.17, 15) is 0 Å². The van der Waals surface area contributed by atoms with E-state index in [0.717, 1.165) is 18.8 Å². The molecule has 0 N–H and O–H groups in total. The topological polar surface area (TPSA) is 18.5 Å². The number of thiol groups is 1. The summed E-state index contributed by atoms with van der Waals surface area (Å²) in [6.07, 6.45) is 1.02. The molecule has 0 bridgehead atoms. The van der Waals surface area contributed by atoms with Gasteiger partial charge in [-0.25, -0.2) is 0 Å². The minimum absolute atomic E-state index is 0.687. The third-order valence-electron chi connectivity index (χ3n) is 0.879. The van der Waals surface area contributed by atoms with Crippen LogP contribution in [0.3, 0.4) is 0 Å². The van der Waals surface area contributed by atoms with E-state index >= 15 is 0 Å². The first-order valence-corrected chi connectivity index (χ1v) is 3.72. The van der Waals surface area contributed by atoms with Crippen molar-refractivity contribution >= 4 is 12.6 Å². The lowest BCUT2D eigenvalue weighted by molar-refractivity contribution is 0.0714. The molecular weight excluding hydrogens is 136 g/mol. The molecule has 2 nitrogen and oxygen atoms in total. The minimum atomic E-state index is 0.687. The molecule has 9 heavy (non-hydrogen) atoms. The molecule has 0 spiro atoms. The van der Waals surface area contributed by atoms with Crippen LogP contribution in [0.2, 0.25) is 0 Å². The summed E-state index contributed by atoms with van der Waals surface area (Å²) in [5.74, 6) is 0.896. The van der Waals surface area contributed by atoms with Crippen molar-refractivity contribution < 1.29 is 9.47 Å². The first kappa shape index (κ1) is 9.27. The van der Waals surface area contributed by atoms with Crippen LogP contribution in [-0.2, 0) is 9.47 Å². The molecule has 0 saturated carbocycles. The quantitative estimate of drug-likeness (QED) is 0.449. The van der Waals surface area contributed by atoms with Crippen molar-refractivity contribution in [1.29, 1.82) is 0 Å². The Morgan fingerprint density at radius 1 is 1.22 bits per heavy atom. The highest BCUT2D eigenvalue weighted by molar-refractivity contribution is 7.80. The van der Waals surface area contributed by atoms with Gasteiger partial charge in [0.1, 0.15) is 0 Å². The predicted octanol–water partition coefficient (Wildman–Crippen LogP) is 0.969. The molecule has 3 heteroatoms. The van der Waals surface area contributed by atoms with Gasteiger partial charge in [-0.2, -0.15) is 12.6 Å². The lowest BCUT2D eigenvalue weighted by atomic mass is 10.5. The van der Waals surface area contributed by atoms with Crippen molar-refractivity contribution in [3.63, 3.8) is 0 Å². The molecule has 0 amide bonds. The maximum absolute atomic E-state index is 5.14. The van der Waals surface area contributed by atoms with Crippen LogP contribution < -0.4 is 0 Å². The fourth-order valence-corrected chi connectivity index (χ4v) is 0.540. The molecule has 0 unspecified atom stereocenters. The summed E-state index contributed by atoms with van der Waals surface area (Å²) < 4.78 is 9.92. The summed E-state index contributed by atoms with van der Waals surface area (Å²) >= 11 is 4.03. The van der Waals surface area contributed by atoms with Crippen LogP contribution in [0.4, 0.5) is 0 Å². The smallest absolute Gasteiger partial charge is 0.0700 e. The third-order valence-corrected chi connectivity index (χ3v) is 1.19. The van der Waals surface area contributed by atoms with Crippen molar-refractivity contribution in [1.82, 2.24) is 0 Å². The summed E-state index contributed by atoms with van der Waals surface area (Å²) in [4.78, 5) is 0. The Kier molecular flexibility index (Phi) is 8.52. The zero-order valence-electron chi connectivity index (χ0n) is 5.80. The molecule has 0 heterocycles. The second-order valence-corrected chi connectivity index (χ2v) is 2.13. The fourth-order valence-electron chi connectivity index (χ4n) is 0.411. The van der Waals surface area contributed by atoms with Crippen LogP contribution in [0.5, 0.6) is 0 Å². The molecule has 0 saturated heterocycles. The number of methoxy groups -OCH3 is 1. The highest BCUT2D eigenvalue weighted by Gasteiger charge is 1.84. The summed E-state index contributed by atoms with van der Waals surface area (Å²) in [5.41, 5.74) is 0. The highest BCUT2D eigenvalue weighted by Crippen LogP contribution is 1.84. The summed E-state index contributed by atoms with van der Waals surface area (Å²) in [6.45, 7) is 2.18. The number of hydrogen-bond donors (Lipinski definition) is 1. The zero-order chi connectivity index (χ0) is 6.95. The molecular formula is C6H14O2S. The van der Waals surface area contributed by atoms with Crippen LogP contribution in [0, 0.1) is 0 Å². The molecule has 0 radical (unpaired) electrons. The molecule has 56 valence electrons. The van der Waals surface area contributed by atoms with Crippen LogP contribution >= 0.6 is 12.6 Å². The van der Waals surface area contributed by atoms with Gasteiger partial charge in [0.2, 0.25) is 0 Å². The average molecular weight is 150 g/mol. The molecule has 0 aliphatic rings. The minimum Gasteiger partial charge on any atom is -0.382 e. The second-order valence-electron chi connectivity index (χ2n) is 1.68. The number of ether oxygens (including phenoxy) is 2. The molecule has 0 fully saturated rings. The Morgan fingerprint density at radius 2 is 2.00 bits per heavy atom. The maximum atomic E-state index is 5.14. The Balaban J connectivity index is 2.60. The largest absolute Gasteiger partial charge is 0.382 e. The number of rotatable bonds is 6. The lowest BCUT2D eigenvalue weighted by Crippen LogP contribution is -2.02. The van der Waals surface area contributed by atoms with Crippen molar-refractivity contribution in [3.8, 4) is 0 Å². The SMILES string of the molecule is COCCOCCCS. The Hall–Kier alpha value is 0.270. The van der Waals surface area contributed by atoms with Gasteiger partial charge in [0.05, 0.1) is 13.2 Å². The molecule has 0 aliphatic carbocycles. The van der Waals surface area contributed by atoms with Gasteiger partial charge in [-0.15, -0.1) is 0 Å². The van der Waals surface area contributed by atoms with Crippen molar-refractivity contribution in [2.75, 3.05) is 32.7 Å². The predicted molar refractivity (Wildman–Crippen MR) is 41.2 cm³/mol. The van der Waals surface area contributed by atoms with Crippen molar-refractivity contribution in [3.05, 3.63) is 0 Å². The van der Waals surface area contributed by atoms with E-state index in [-0.39, 0.29) is 0 Å². The van der Waals surface area contributed by atoms with E-state index < -0.39 is 0 Å². The molecule has 0 aliphatic heterocycles. The van der Waals surface area contributed by atoms with Crippen molar-refractivity contribution in [2.24, 2.45) is 0 Å². The van der Waals surface area contributed by atoms with Gasteiger partial charge in [-0.3, -0.25) is 0 Å². The Bertz CT molecular complexity index is 44.3. The monoisotopic (exact) mass is 150 g/mol. The van der Waals surface area contributed by atoms with Gasteiger partial charge in [-0.05, 0) is 12.2 Å². The summed E-state index contributed by atoms with van der Waals surface area (Å²) in [5, 5.41) is 0. The lowest BCUT2D eigenvalue weighted by Gasteiger charge is -1.99. The first-order chi connectivity index (χ1) is 4.41. The van der Waals surface area contributed by atoms with Crippen LogP contribution in [0.15, 0.2) is 0 Å². The highest BCUT2D eigenvalue weighted by atomic mass is 32.1. The molecule has 0 aromatic heterocycles.